The van der Waals surface area contributed by atoms with Gasteiger partial charge in [0.1, 0.15) is 11.6 Å². The van der Waals surface area contributed by atoms with Crippen LogP contribution in [-0.4, -0.2) is 41.2 Å². The summed E-state index contributed by atoms with van der Waals surface area (Å²) in [6.07, 6.45) is 5.89. The molecule has 1 atom stereocenters. The maximum absolute atomic E-state index is 5.88. The Bertz CT molecular complexity index is 378. The number of nitrogens with zero attached hydrogens (tertiary/aromatic N) is 3. The summed E-state index contributed by atoms with van der Waals surface area (Å²) in [4.78, 5) is 0. The largest absolute Gasteiger partial charge is 0.383 e. The molecule has 0 bridgehead atoms. The quantitative estimate of drug-likeness (QED) is 0.721. The topological polar surface area (TPSA) is 49.2 Å². The van der Waals surface area contributed by atoms with Gasteiger partial charge in [0.2, 0.25) is 0 Å². The van der Waals surface area contributed by atoms with E-state index in [4.69, 9.17) is 21.1 Å². The van der Waals surface area contributed by atoms with E-state index in [1.165, 1.54) is 12.8 Å². The average molecular weight is 288 g/mol. The molecule has 1 aromatic rings. The lowest BCUT2D eigenvalue weighted by Crippen LogP contribution is -2.20. The van der Waals surface area contributed by atoms with Crippen molar-refractivity contribution in [3.05, 3.63) is 11.6 Å². The summed E-state index contributed by atoms with van der Waals surface area (Å²) in [5.41, 5.74) is 0. The predicted octanol–water partition coefficient (Wildman–Crippen LogP) is 2.17. The molecule has 19 heavy (non-hydrogen) atoms. The smallest absolute Gasteiger partial charge is 0.148 e. The van der Waals surface area contributed by atoms with Crippen LogP contribution in [0.5, 0.6) is 0 Å². The van der Waals surface area contributed by atoms with E-state index in [9.17, 15) is 0 Å². The number of halogens is 1. The van der Waals surface area contributed by atoms with E-state index in [-0.39, 0.29) is 0 Å². The number of rotatable bonds is 7. The van der Waals surface area contributed by atoms with Gasteiger partial charge in [-0.1, -0.05) is 0 Å². The van der Waals surface area contributed by atoms with E-state index in [1.54, 1.807) is 7.11 Å². The van der Waals surface area contributed by atoms with Gasteiger partial charge in [0.05, 0.1) is 18.6 Å². The third-order valence-electron chi connectivity index (χ3n) is 3.51. The maximum atomic E-state index is 5.88. The second kappa shape index (κ2) is 7.82. The molecule has 1 aliphatic heterocycles. The average Bonchev–Trinajstić information content (AvgIpc) is 2.86. The lowest BCUT2D eigenvalue weighted by molar-refractivity contribution is 0.0110. The minimum Gasteiger partial charge on any atom is -0.383 e. The first kappa shape index (κ1) is 14.8. The van der Waals surface area contributed by atoms with Gasteiger partial charge in [-0.2, -0.15) is 0 Å². The summed E-state index contributed by atoms with van der Waals surface area (Å²) in [5.74, 6) is 2.19. The van der Waals surface area contributed by atoms with E-state index < -0.39 is 0 Å². The van der Waals surface area contributed by atoms with Gasteiger partial charge >= 0.3 is 0 Å². The van der Waals surface area contributed by atoms with E-state index in [0.717, 1.165) is 44.1 Å². The van der Waals surface area contributed by atoms with Crippen molar-refractivity contribution in [1.29, 1.82) is 0 Å². The molecule has 0 spiro atoms. The van der Waals surface area contributed by atoms with Crippen molar-refractivity contribution in [1.82, 2.24) is 14.8 Å². The Morgan fingerprint density at radius 1 is 1.37 bits per heavy atom. The van der Waals surface area contributed by atoms with Crippen LogP contribution in [0.2, 0.25) is 0 Å². The highest BCUT2D eigenvalue weighted by atomic mass is 35.5. The van der Waals surface area contributed by atoms with Crippen molar-refractivity contribution < 1.29 is 9.47 Å². The lowest BCUT2D eigenvalue weighted by Gasteiger charge is -2.22. The van der Waals surface area contributed by atoms with Crippen molar-refractivity contribution in [3.63, 3.8) is 0 Å². The second-order valence-corrected chi connectivity index (χ2v) is 5.11. The minimum absolute atomic E-state index is 0.376. The van der Waals surface area contributed by atoms with Gasteiger partial charge in [0, 0.05) is 26.7 Å². The molecule has 6 heteroatoms. The van der Waals surface area contributed by atoms with Crippen LogP contribution in [-0.2, 0) is 28.3 Å². The van der Waals surface area contributed by atoms with E-state index >= 15 is 0 Å². The molecule has 2 heterocycles. The van der Waals surface area contributed by atoms with Gasteiger partial charge in [-0.15, -0.1) is 21.8 Å². The van der Waals surface area contributed by atoms with Gasteiger partial charge in [-0.3, -0.25) is 0 Å². The molecular weight excluding hydrogens is 266 g/mol. The van der Waals surface area contributed by atoms with Gasteiger partial charge in [-0.25, -0.2) is 0 Å². The molecule has 0 amide bonds. The SMILES string of the molecule is COCCn1c(CCl)nnc1CCC1CCCCO1. The van der Waals surface area contributed by atoms with Crippen LogP contribution in [0, 0.1) is 0 Å². The normalized spacial score (nSPS) is 19.8. The van der Waals surface area contributed by atoms with Crippen LogP contribution in [0.4, 0.5) is 0 Å². The summed E-state index contributed by atoms with van der Waals surface area (Å²) in [7, 11) is 1.69. The van der Waals surface area contributed by atoms with Gasteiger partial charge in [0.15, 0.2) is 0 Å². The van der Waals surface area contributed by atoms with Gasteiger partial charge < -0.3 is 14.0 Å². The highest BCUT2D eigenvalue weighted by Crippen LogP contribution is 2.18. The van der Waals surface area contributed by atoms with Crippen molar-refractivity contribution in [2.75, 3.05) is 20.3 Å². The molecule has 1 unspecified atom stereocenters. The Morgan fingerprint density at radius 2 is 2.21 bits per heavy atom. The number of aryl methyl sites for hydroxylation is 1. The molecule has 0 aliphatic carbocycles. The molecule has 1 fully saturated rings. The molecule has 0 saturated carbocycles. The van der Waals surface area contributed by atoms with Crippen LogP contribution in [0.25, 0.3) is 0 Å². The third kappa shape index (κ3) is 4.16. The minimum atomic E-state index is 0.376. The van der Waals surface area contributed by atoms with E-state index in [0.29, 0.717) is 18.6 Å². The molecule has 108 valence electrons. The van der Waals surface area contributed by atoms with Crippen LogP contribution in [0.1, 0.15) is 37.3 Å². The highest BCUT2D eigenvalue weighted by Gasteiger charge is 2.16. The predicted molar refractivity (Wildman–Crippen MR) is 73.4 cm³/mol. The number of methoxy groups -OCH3 is 1. The molecule has 0 radical (unpaired) electrons. The second-order valence-electron chi connectivity index (χ2n) is 4.84. The summed E-state index contributed by atoms with van der Waals surface area (Å²) in [6.45, 7) is 2.30. The van der Waals surface area contributed by atoms with Gasteiger partial charge in [0.25, 0.3) is 0 Å². The van der Waals surface area contributed by atoms with Crippen LogP contribution < -0.4 is 0 Å². The van der Waals surface area contributed by atoms with Crippen LogP contribution in [0.3, 0.4) is 0 Å². The zero-order chi connectivity index (χ0) is 13.5. The van der Waals surface area contributed by atoms with E-state index in [1.807, 2.05) is 0 Å². The molecule has 1 aromatic heterocycles. The third-order valence-corrected chi connectivity index (χ3v) is 3.75. The summed E-state index contributed by atoms with van der Waals surface area (Å²) in [6, 6.07) is 0. The zero-order valence-electron chi connectivity index (χ0n) is 11.5. The molecule has 1 saturated heterocycles. The fraction of sp³-hybridized carbons (Fsp3) is 0.846. The van der Waals surface area contributed by atoms with Crippen molar-refractivity contribution in [2.24, 2.45) is 0 Å². The van der Waals surface area contributed by atoms with Gasteiger partial charge in [-0.05, 0) is 25.7 Å². The standard InChI is InChI=1S/C13H22ClN3O2/c1-18-9-7-17-12(15-16-13(17)10-14)6-5-11-4-2-3-8-19-11/h11H,2-10H2,1H3. The molecule has 0 N–H and O–H groups in total. The number of hydrogen-bond donors (Lipinski definition) is 0. The fourth-order valence-corrected chi connectivity index (χ4v) is 2.62. The van der Waals surface area contributed by atoms with Crippen molar-refractivity contribution >= 4 is 11.6 Å². The zero-order valence-corrected chi connectivity index (χ0v) is 12.2. The fourth-order valence-electron chi connectivity index (χ4n) is 2.42. The van der Waals surface area contributed by atoms with Crippen LogP contribution in [0.15, 0.2) is 0 Å². The molecule has 5 nitrogen and oxygen atoms in total. The number of hydrogen-bond acceptors (Lipinski definition) is 4. The Hall–Kier alpha value is -0.650. The molecule has 2 rings (SSSR count). The first-order valence-electron chi connectivity index (χ1n) is 6.92. The van der Waals surface area contributed by atoms with E-state index in [2.05, 4.69) is 14.8 Å². The Morgan fingerprint density at radius 3 is 2.89 bits per heavy atom. The number of aromatic nitrogens is 3. The Labute approximate surface area is 119 Å². The molecular formula is C13H22ClN3O2. The first-order valence-corrected chi connectivity index (χ1v) is 7.46. The number of alkyl halides is 1. The first-order chi connectivity index (χ1) is 9.35. The monoisotopic (exact) mass is 287 g/mol. The van der Waals surface area contributed by atoms with Crippen LogP contribution >= 0.6 is 11.6 Å². The molecule has 0 aromatic carbocycles. The summed E-state index contributed by atoms with van der Waals surface area (Å²) in [5, 5.41) is 8.38. The Balaban J connectivity index is 1.92. The molecule has 1 aliphatic rings. The van der Waals surface area contributed by atoms with Crippen molar-refractivity contribution in [2.45, 2.75) is 50.6 Å². The highest BCUT2D eigenvalue weighted by molar-refractivity contribution is 6.16. The maximum Gasteiger partial charge on any atom is 0.148 e. The summed E-state index contributed by atoms with van der Waals surface area (Å²) < 4.78 is 12.9. The van der Waals surface area contributed by atoms with Crippen molar-refractivity contribution in [3.8, 4) is 0 Å². The Kier molecular flexibility index (Phi) is 6.07. The number of ether oxygens (including phenoxy) is 2. The summed E-state index contributed by atoms with van der Waals surface area (Å²) >= 11 is 5.88. The lowest BCUT2D eigenvalue weighted by atomic mass is 10.0.